The van der Waals surface area contributed by atoms with Crippen LogP contribution in [-0.2, 0) is 9.53 Å². The number of carbonyl (C=O) groups excluding carboxylic acids is 1. The quantitative estimate of drug-likeness (QED) is 0.628. The first-order valence-corrected chi connectivity index (χ1v) is 10.2. The van der Waals surface area contributed by atoms with Gasteiger partial charge in [-0.15, -0.1) is 0 Å². The van der Waals surface area contributed by atoms with Crippen molar-refractivity contribution in [2.45, 2.75) is 39.0 Å². The number of likely N-dealkylation sites (N-methyl/N-ethyl adjacent to an activating group) is 1. The minimum atomic E-state index is 0.0516. The van der Waals surface area contributed by atoms with Crippen molar-refractivity contribution >= 4 is 5.91 Å². The summed E-state index contributed by atoms with van der Waals surface area (Å²) in [5.74, 6) is 1.89. The summed E-state index contributed by atoms with van der Waals surface area (Å²) in [6, 6.07) is 8.05. The summed E-state index contributed by atoms with van der Waals surface area (Å²) in [6.07, 6.45) is 3.33. The van der Waals surface area contributed by atoms with E-state index in [4.69, 9.17) is 9.47 Å². The molecule has 1 unspecified atom stereocenters. The molecule has 1 aromatic carbocycles. The maximum atomic E-state index is 12.5. The number of carbonyl (C=O) groups is 1. The third-order valence-electron chi connectivity index (χ3n) is 5.69. The third-order valence-corrected chi connectivity index (χ3v) is 5.69. The summed E-state index contributed by atoms with van der Waals surface area (Å²) in [5, 5.41) is 0. The van der Waals surface area contributed by atoms with Crippen molar-refractivity contribution < 1.29 is 14.3 Å². The molecule has 1 aromatic rings. The van der Waals surface area contributed by atoms with Gasteiger partial charge in [-0.25, -0.2) is 0 Å². The largest absolute Gasteiger partial charge is 0.483 e. The van der Waals surface area contributed by atoms with E-state index in [0.717, 1.165) is 57.8 Å². The van der Waals surface area contributed by atoms with E-state index in [2.05, 4.69) is 24.8 Å². The van der Waals surface area contributed by atoms with Gasteiger partial charge in [0.1, 0.15) is 5.75 Å². The molecule has 0 radical (unpaired) electrons. The van der Waals surface area contributed by atoms with Gasteiger partial charge in [0.15, 0.2) is 6.61 Å². The Morgan fingerprint density at radius 1 is 1.30 bits per heavy atom. The first kappa shape index (κ1) is 21.7. The van der Waals surface area contributed by atoms with Crippen LogP contribution in [0.3, 0.4) is 0 Å². The number of nitrogens with zero attached hydrogens (tertiary/aromatic N) is 2. The molecular formula is C22H36N2O3. The molecule has 152 valence electrons. The van der Waals surface area contributed by atoms with Crippen LogP contribution in [0.1, 0.15) is 44.6 Å². The normalized spacial score (nSPS) is 16.9. The van der Waals surface area contributed by atoms with Crippen molar-refractivity contribution in [1.82, 2.24) is 9.80 Å². The Labute approximate surface area is 164 Å². The van der Waals surface area contributed by atoms with E-state index in [0.29, 0.717) is 11.8 Å². The summed E-state index contributed by atoms with van der Waals surface area (Å²) in [6.45, 7) is 9.25. The van der Waals surface area contributed by atoms with Gasteiger partial charge in [-0.3, -0.25) is 4.79 Å². The number of piperidine rings is 1. The Kier molecular flexibility index (Phi) is 9.08. The van der Waals surface area contributed by atoms with E-state index in [9.17, 15) is 4.79 Å². The topological polar surface area (TPSA) is 42.0 Å². The standard InChI is InChI=1S/C22H36N2O3/c1-5-18(2)20-8-6-7-9-21(20)27-17-22(25)23(3)16-19-10-12-24(13-11-19)14-15-26-4/h6-9,18-19H,5,10-17H2,1-4H3. The van der Waals surface area contributed by atoms with Gasteiger partial charge < -0.3 is 19.3 Å². The second kappa shape index (κ2) is 11.3. The molecule has 1 aliphatic heterocycles. The van der Waals surface area contributed by atoms with Crippen LogP contribution < -0.4 is 4.74 Å². The van der Waals surface area contributed by atoms with Crippen LogP contribution in [0, 0.1) is 5.92 Å². The molecule has 0 aromatic heterocycles. The second-order valence-corrected chi connectivity index (χ2v) is 7.69. The number of benzene rings is 1. The number of hydrogen-bond donors (Lipinski definition) is 0. The number of hydrogen-bond acceptors (Lipinski definition) is 4. The molecule has 1 aliphatic rings. The predicted octanol–water partition coefficient (Wildman–Crippen LogP) is 3.40. The fourth-order valence-corrected chi connectivity index (χ4v) is 3.59. The molecular weight excluding hydrogens is 340 g/mol. The Bertz CT molecular complexity index is 570. The maximum absolute atomic E-state index is 12.5. The molecule has 0 spiro atoms. The third kappa shape index (κ3) is 6.82. The molecule has 1 saturated heterocycles. The minimum absolute atomic E-state index is 0.0516. The van der Waals surface area contributed by atoms with Gasteiger partial charge in [0.25, 0.3) is 5.91 Å². The summed E-state index contributed by atoms with van der Waals surface area (Å²) in [7, 11) is 3.64. The van der Waals surface area contributed by atoms with Crippen LogP contribution in [0.15, 0.2) is 24.3 Å². The van der Waals surface area contributed by atoms with Crippen molar-refractivity contribution in [3.05, 3.63) is 29.8 Å². The molecule has 0 bridgehead atoms. The number of likely N-dealkylation sites (tertiary alicyclic amines) is 1. The van der Waals surface area contributed by atoms with E-state index in [1.54, 1.807) is 7.11 Å². The summed E-state index contributed by atoms with van der Waals surface area (Å²) in [4.78, 5) is 16.8. The van der Waals surface area contributed by atoms with Crippen LogP contribution in [0.2, 0.25) is 0 Å². The lowest BCUT2D eigenvalue weighted by molar-refractivity contribution is -0.132. The van der Waals surface area contributed by atoms with Crippen molar-refractivity contribution in [1.29, 1.82) is 0 Å². The molecule has 1 atom stereocenters. The molecule has 5 heteroatoms. The molecule has 1 fully saturated rings. The first-order valence-electron chi connectivity index (χ1n) is 10.2. The van der Waals surface area contributed by atoms with Crippen molar-refractivity contribution in [2.75, 3.05) is 53.6 Å². The Balaban J connectivity index is 1.77. The average Bonchev–Trinajstić information content (AvgIpc) is 2.71. The number of para-hydroxylation sites is 1. The smallest absolute Gasteiger partial charge is 0.260 e. The number of rotatable bonds is 10. The van der Waals surface area contributed by atoms with Crippen molar-refractivity contribution in [3.63, 3.8) is 0 Å². The molecule has 27 heavy (non-hydrogen) atoms. The van der Waals surface area contributed by atoms with E-state index < -0.39 is 0 Å². The Morgan fingerprint density at radius 3 is 2.67 bits per heavy atom. The molecule has 5 nitrogen and oxygen atoms in total. The maximum Gasteiger partial charge on any atom is 0.260 e. The molecule has 0 N–H and O–H groups in total. The van der Waals surface area contributed by atoms with Gasteiger partial charge in [0.05, 0.1) is 6.61 Å². The zero-order valence-corrected chi connectivity index (χ0v) is 17.4. The van der Waals surface area contributed by atoms with E-state index in [1.165, 1.54) is 5.56 Å². The zero-order valence-electron chi connectivity index (χ0n) is 17.4. The summed E-state index contributed by atoms with van der Waals surface area (Å²) in [5.41, 5.74) is 1.18. The fraction of sp³-hybridized carbons (Fsp3) is 0.682. The van der Waals surface area contributed by atoms with Crippen LogP contribution >= 0.6 is 0 Å². The lowest BCUT2D eigenvalue weighted by atomic mass is 9.96. The average molecular weight is 377 g/mol. The lowest BCUT2D eigenvalue weighted by Gasteiger charge is -2.33. The van der Waals surface area contributed by atoms with Crippen LogP contribution in [-0.4, -0.2) is 69.3 Å². The highest BCUT2D eigenvalue weighted by atomic mass is 16.5. The van der Waals surface area contributed by atoms with Crippen LogP contribution in [0.4, 0.5) is 0 Å². The molecule has 2 rings (SSSR count). The van der Waals surface area contributed by atoms with Gasteiger partial charge in [-0.2, -0.15) is 0 Å². The monoisotopic (exact) mass is 376 g/mol. The van der Waals surface area contributed by atoms with E-state index in [1.807, 2.05) is 30.1 Å². The summed E-state index contributed by atoms with van der Waals surface area (Å²) < 4.78 is 11.0. The van der Waals surface area contributed by atoms with Gasteiger partial charge >= 0.3 is 0 Å². The second-order valence-electron chi connectivity index (χ2n) is 7.69. The first-order chi connectivity index (χ1) is 13.0. The van der Waals surface area contributed by atoms with Crippen LogP contribution in [0.25, 0.3) is 0 Å². The molecule has 0 saturated carbocycles. The fourth-order valence-electron chi connectivity index (χ4n) is 3.59. The van der Waals surface area contributed by atoms with Crippen molar-refractivity contribution in [2.24, 2.45) is 5.92 Å². The van der Waals surface area contributed by atoms with Gasteiger partial charge in [-0.1, -0.05) is 32.0 Å². The van der Waals surface area contributed by atoms with Crippen molar-refractivity contribution in [3.8, 4) is 5.75 Å². The highest BCUT2D eigenvalue weighted by Gasteiger charge is 2.22. The highest BCUT2D eigenvalue weighted by Crippen LogP contribution is 2.28. The lowest BCUT2D eigenvalue weighted by Crippen LogP contribution is -2.41. The predicted molar refractivity (Wildman–Crippen MR) is 109 cm³/mol. The van der Waals surface area contributed by atoms with Gasteiger partial charge in [0, 0.05) is 27.2 Å². The molecule has 1 heterocycles. The number of ether oxygens (including phenoxy) is 2. The minimum Gasteiger partial charge on any atom is -0.483 e. The zero-order chi connectivity index (χ0) is 19.6. The SMILES string of the molecule is CCC(C)c1ccccc1OCC(=O)N(C)CC1CCN(CCOC)CC1. The van der Waals surface area contributed by atoms with E-state index in [-0.39, 0.29) is 12.5 Å². The molecule has 0 aliphatic carbocycles. The molecule has 1 amide bonds. The van der Waals surface area contributed by atoms with Gasteiger partial charge in [0.2, 0.25) is 0 Å². The Hall–Kier alpha value is -1.59. The Morgan fingerprint density at radius 2 is 2.00 bits per heavy atom. The number of amides is 1. The van der Waals surface area contributed by atoms with E-state index >= 15 is 0 Å². The number of methoxy groups -OCH3 is 1. The highest BCUT2D eigenvalue weighted by molar-refractivity contribution is 5.77. The van der Waals surface area contributed by atoms with Crippen LogP contribution in [0.5, 0.6) is 5.75 Å². The summed E-state index contributed by atoms with van der Waals surface area (Å²) >= 11 is 0. The van der Waals surface area contributed by atoms with Gasteiger partial charge in [-0.05, 0) is 55.8 Å².